The third-order valence-corrected chi connectivity index (χ3v) is 5.71. The van der Waals surface area contributed by atoms with Gasteiger partial charge in [0.15, 0.2) is 0 Å². The average Bonchev–Trinajstić information content (AvgIpc) is 3.13. The fourth-order valence-electron chi connectivity index (χ4n) is 3.95. The van der Waals surface area contributed by atoms with E-state index in [1.165, 1.54) is 14.2 Å². The van der Waals surface area contributed by atoms with Crippen molar-refractivity contribution in [2.24, 2.45) is 7.05 Å². The monoisotopic (exact) mass is 457 g/mol. The number of rotatable bonds is 5. The van der Waals surface area contributed by atoms with E-state index in [1.807, 2.05) is 37.2 Å². The van der Waals surface area contributed by atoms with Gasteiger partial charge in [0.1, 0.15) is 5.69 Å². The Morgan fingerprint density at radius 1 is 0.912 bits per heavy atom. The zero-order chi connectivity index (χ0) is 24.0. The minimum absolute atomic E-state index is 0.237. The lowest BCUT2D eigenvalue weighted by molar-refractivity contribution is 0.363. The van der Waals surface area contributed by atoms with Crippen LogP contribution in [0.15, 0.2) is 53.7 Å². The van der Waals surface area contributed by atoms with Gasteiger partial charge in [0.05, 0.1) is 37.0 Å². The fourth-order valence-corrected chi connectivity index (χ4v) is 3.95. The van der Waals surface area contributed by atoms with Crippen molar-refractivity contribution in [3.05, 3.63) is 59.4 Å². The maximum atomic E-state index is 13.4. The molecule has 0 saturated carbocycles. The van der Waals surface area contributed by atoms with E-state index in [4.69, 9.17) is 9.47 Å². The Morgan fingerprint density at radius 2 is 1.68 bits per heavy atom. The number of hydrogen-bond acceptors (Lipinski definition) is 8. The van der Waals surface area contributed by atoms with Crippen molar-refractivity contribution in [2.75, 3.05) is 33.2 Å². The smallest absolute Gasteiger partial charge is 0.333 e. The lowest BCUT2D eigenvalue weighted by Crippen LogP contribution is -2.21. The van der Waals surface area contributed by atoms with Crippen LogP contribution in [-0.4, -0.2) is 57.4 Å². The second-order valence-corrected chi connectivity index (χ2v) is 7.95. The number of anilines is 1. The molecule has 0 aliphatic rings. The second kappa shape index (κ2) is 8.14. The van der Waals surface area contributed by atoms with Crippen LogP contribution in [-0.2, 0) is 7.05 Å². The molecule has 0 atom stereocenters. The number of pyridine rings is 2. The first-order valence-corrected chi connectivity index (χ1v) is 10.5. The van der Waals surface area contributed by atoms with E-state index in [1.54, 1.807) is 46.9 Å². The van der Waals surface area contributed by atoms with Gasteiger partial charge in [0, 0.05) is 50.6 Å². The van der Waals surface area contributed by atoms with Crippen LogP contribution >= 0.6 is 0 Å². The quantitative estimate of drug-likeness (QED) is 0.397. The lowest BCUT2D eigenvalue weighted by atomic mass is 10.1. The molecule has 10 heteroatoms. The van der Waals surface area contributed by atoms with Gasteiger partial charge in [-0.15, -0.1) is 0 Å². The van der Waals surface area contributed by atoms with Gasteiger partial charge < -0.3 is 14.4 Å². The van der Waals surface area contributed by atoms with Crippen LogP contribution in [0, 0.1) is 0 Å². The molecule has 5 aromatic rings. The highest BCUT2D eigenvalue weighted by atomic mass is 16.5. The van der Waals surface area contributed by atoms with E-state index in [2.05, 4.69) is 19.9 Å². The molecule has 10 nitrogen and oxygen atoms in total. The first-order valence-electron chi connectivity index (χ1n) is 10.5. The van der Waals surface area contributed by atoms with Crippen LogP contribution in [0.1, 0.15) is 0 Å². The van der Waals surface area contributed by atoms with E-state index in [0.717, 1.165) is 22.0 Å². The van der Waals surface area contributed by atoms with Crippen LogP contribution in [0.5, 0.6) is 11.8 Å². The minimum Gasteiger partial charge on any atom is -0.481 e. The minimum atomic E-state index is -0.237. The molecule has 0 aliphatic heterocycles. The van der Waals surface area contributed by atoms with Gasteiger partial charge in [-0.2, -0.15) is 4.98 Å². The van der Waals surface area contributed by atoms with Gasteiger partial charge in [-0.25, -0.2) is 14.8 Å². The molecule has 34 heavy (non-hydrogen) atoms. The molecule has 0 unspecified atom stereocenters. The normalized spacial score (nSPS) is 11.2. The van der Waals surface area contributed by atoms with Crippen LogP contribution in [0.25, 0.3) is 38.8 Å². The Morgan fingerprint density at radius 3 is 2.35 bits per heavy atom. The number of aryl methyl sites for hydroxylation is 1. The van der Waals surface area contributed by atoms with Crippen LogP contribution in [0.2, 0.25) is 0 Å². The Hall–Kier alpha value is -4.47. The molecular formula is C24H23N7O3. The Balaban J connectivity index is 1.80. The number of fused-ring (bicyclic) bond motifs is 3. The van der Waals surface area contributed by atoms with Crippen LogP contribution in [0.4, 0.5) is 5.95 Å². The molecule has 0 N–H and O–H groups in total. The lowest BCUT2D eigenvalue weighted by Gasteiger charge is -2.12. The fraction of sp³-hybridized carbons (Fsp3) is 0.208. The van der Waals surface area contributed by atoms with Gasteiger partial charge >= 0.3 is 5.69 Å². The average molecular weight is 457 g/mol. The molecule has 0 bridgehead atoms. The van der Waals surface area contributed by atoms with Gasteiger partial charge in [0.25, 0.3) is 0 Å². The molecule has 0 saturated heterocycles. The summed E-state index contributed by atoms with van der Waals surface area (Å²) in [5.74, 6) is 1.30. The summed E-state index contributed by atoms with van der Waals surface area (Å²) in [6.45, 7) is 0. The Kier molecular flexibility index (Phi) is 5.12. The number of imidazole rings is 1. The van der Waals surface area contributed by atoms with E-state index in [0.29, 0.717) is 28.5 Å². The van der Waals surface area contributed by atoms with E-state index < -0.39 is 0 Å². The van der Waals surface area contributed by atoms with Crippen molar-refractivity contribution in [1.82, 2.24) is 29.1 Å². The van der Waals surface area contributed by atoms with E-state index in [-0.39, 0.29) is 11.6 Å². The Labute approximate surface area is 195 Å². The number of aromatic nitrogens is 6. The number of hydrogen-bond donors (Lipinski definition) is 0. The first kappa shape index (κ1) is 21.4. The molecule has 0 radical (unpaired) electrons. The molecular weight excluding hydrogens is 434 g/mol. The summed E-state index contributed by atoms with van der Waals surface area (Å²) < 4.78 is 13.9. The SMILES string of the molecule is COc1ccc(-n2c(=O)n(C)c3cnc4ccc(-c5cnc(N(C)C)nc5)cc4c32)c(OC)n1. The summed E-state index contributed by atoms with van der Waals surface area (Å²) in [4.78, 5) is 33.0. The second-order valence-electron chi connectivity index (χ2n) is 7.95. The number of ether oxygens (including phenoxy) is 2. The van der Waals surface area contributed by atoms with Gasteiger partial charge in [0.2, 0.25) is 17.7 Å². The predicted molar refractivity (Wildman–Crippen MR) is 130 cm³/mol. The molecule has 5 rings (SSSR count). The first-order chi connectivity index (χ1) is 16.4. The zero-order valence-corrected chi connectivity index (χ0v) is 19.5. The van der Waals surface area contributed by atoms with Gasteiger partial charge in [-0.1, -0.05) is 6.07 Å². The summed E-state index contributed by atoms with van der Waals surface area (Å²) in [6.07, 6.45) is 5.27. The van der Waals surface area contributed by atoms with E-state index in [9.17, 15) is 4.79 Å². The highest BCUT2D eigenvalue weighted by molar-refractivity contribution is 6.04. The standard InChI is InChI=1S/C24H23N7O3/c1-29(2)23-26-11-15(12-27-23)14-6-7-17-16(10-14)21-19(13-25-17)30(3)24(32)31(21)18-8-9-20(33-4)28-22(18)34-5/h6-13H,1-5H3. The van der Waals surface area contributed by atoms with Crippen molar-refractivity contribution in [3.8, 4) is 28.6 Å². The van der Waals surface area contributed by atoms with Crippen molar-refractivity contribution in [2.45, 2.75) is 0 Å². The maximum Gasteiger partial charge on any atom is 0.333 e. The Bertz CT molecular complexity index is 1590. The highest BCUT2D eigenvalue weighted by Gasteiger charge is 2.20. The van der Waals surface area contributed by atoms with Gasteiger partial charge in [-0.3, -0.25) is 14.1 Å². The van der Waals surface area contributed by atoms with Crippen molar-refractivity contribution in [3.63, 3.8) is 0 Å². The van der Waals surface area contributed by atoms with E-state index >= 15 is 0 Å². The molecule has 0 amide bonds. The molecule has 172 valence electrons. The predicted octanol–water partition coefficient (Wildman–Crippen LogP) is 2.81. The summed E-state index contributed by atoms with van der Waals surface area (Å²) >= 11 is 0. The molecule has 1 aromatic carbocycles. The maximum absolute atomic E-state index is 13.4. The summed E-state index contributed by atoms with van der Waals surface area (Å²) in [7, 11) is 8.54. The molecule has 4 heterocycles. The zero-order valence-electron chi connectivity index (χ0n) is 19.5. The number of benzene rings is 1. The molecule has 0 spiro atoms. The van der Waals surface area contributed by atoms with Crippen LogP contribution < -0.4 is 20.1 Å². The van der Waals surface area contributed by atoms with Crippen molar-refractivity contribution >= 4 is 27.9 Å². The summed E-state index contributed by atoms with van der Waals surface area (Å²) in [5.41, 5.74) is 4.19. The van der Waals surface area contributed by atoms with Crippen LogP contribution in [0.3, 0.4) is 0 Å². The van der Waals surface area contributed by atoms with Crippen molar-refractivity contribution in [1.29, 1.82) is 0 Å². The number of nitrogens with zero attached hydrogens (tertiary/aromatic N) is 7. The largest absolute Gasteiger partial charge is 0.481 e. The van der Waals surface area contributed by atoms with Gasteiger partial charge in [-0.05, 0) is 23.8 Å². The summed E-state index contributed by atoms with van der Waals surface area (Å²) in [5, 5.41) is 0.808. The summed E-state index contributed by atoms with van der Waals surface area (Å²) in [6, 6.07) is 9.35. The third kappa shape index (κ3) is 3.31. The number of methoxy groups -OCH3 is 2. The third-order valence-electron chi connectivity index (χ3n) is 5.71. The topological polar surface area (TPSA) is 100 Å². The molecule has 0 aliphatic carbocycles. The van der Waals surface area contributed by atoms with Crippen molar-refractivity contribution < 1.29 is 9.47 Å². The molecule has 0 fully saturated rings. The highest BCUT2D eigenvalue weighted by Crippen LogP contribution is 2.32. The molecule has 4 aromatic heterocycles.